The molecule has 1 unspecified atom stereocenters. The van der Waals surface area contributed by atoms with Gasteiger partial charge in [0, 0.05) is 19.8 Å². The molecule has 3 nitrogen and oxygen atoms in total. The molecule has 0 saturated carbocycles. The van der Waals surface area contributed by atoms with E-state index >= 15 is 0 Å². The molecule has 74 valence electrons. The maximum atomic E-state index is 5.69. The lowest BCUT2D eigenvalue weighted by atomic mass is 10.9. The highest BCUT2D eigenvalue weighted by atomic mass is 35.5. The minimum Gasteiger partial charge on any atom is -0.374 e. The van der Waals surface area contributed by atoms with Crippen molar-refractivity contribution in [2.75, 3.05) is 13.2 Å². The lowest BCUT2D eigenvalue weighted by molar-refractivity contribution is 0.0677. The van der Waals surface area contributed by atoms with Crippen LogP contribution in [-0.4, -0.2) is 27.6 Å². The van der Waals surface area contributed by atoms with Gasteiger partial charge in [-0.3, -0.25) is 0 Å². The first-order valence-electron chi connectivity index (χ1n) is 4.14. The lowest BCUT2D eigenvalue weighted by Crippen LogP contribution is -2.44. The quantitative estimate of drug-likeness (QED) is 0.499. The van der Waals surface area contributed by atoms with Crippen LogP contribution in [-0.2, 0) is 13.3 Å². The average molecular weight is 213 g/mol. The summed E-state index contributed by atoms with van der Waals surface area (Å²) in [6.45, 7) is 8.60. The molecule has 0 heterocycles. The Bertz CT molecular complexity index is 115. The summed E-state index contributed by atoms with van der Waals surface area (Å²) in [5.41, 5.74) is -0.361. The molecule has 0 saturated heterocycles. The molecule has 0 bridgehead atoms. The molecule has 0 aromatic heterocycles. The van der Waals surface area contributed by atoms with Crippen LogP contribution < -0.4 is 0 Å². The summed E-state index contributed by atoms with van der Waals surface area (Å²) in [7, 11) is -2.44. The lowest BCUT2D eigenvalue weighted by Gasteiger charge is -2.26. The Hall–Kier alpha value is 0.387. The predicted octanol–water partition coefficient (Wildman–Crippen LogP) is 2.23. The van der Waals surface area contributed by atoms with Crippen LogP contribution in [0.3, 0.4) is 0 Å². The van der Waals surface area contributed by atoms with Gasteiger partial charge in [0.2, 0.25) is 0 Å². The first kappa shape index (κ1) is 12.4. The molecule has 1 atom stereocenters. The van der Waals surface area contributed by atoms with Gasteiger partial charge in [-0.2, -0.15) is 0 Å². The molecule has 0 fully saturated rings. The van der Waals surface area contributed by atoms with Crippen molar-refractivity contribution in [1.29, 1.82) is 0 Å². The number of hydrogen-bond donors (Lipinski definition) is 0. The third kappa shape index (κ3) is 5.11. The maximum Gasteiger partial charge on any atom is 0.498 e. The summed E-state index contributed by atoms with van der Waals surface area (Å²) < 4.78 is 16.2. The first-order valence-corrected chi connectivity index (χ1v) is 6.80. The van der Waals surface area contributed by atoms with Crippen LogP contribution >= 0.6 is 11.6 Å². The number of halogens is 1. The molecular weight excluding hydrogens is 196 g/mol. The Morgan fingerprint density at radius 3 is 1.92 bits per heavy atom. The van der Waals surface area contributed by atoms with Crippen molar-refractivity contribution in [3.05, 3.63) is 0 Å². The van der Waals surface area contributed by atoms with Crippen molar-refractivity contribution in [3.8, 4) is 0 Å². The maximum absolute atomic E-state index is 5.69. The van der Waals surface area contributed by atoms with Gasteiger partial charge in [-0.05, 0) is 20.8 Å². The third-order valence-electron chi connectivity index (χ3n) is 1.19. The second-order valence-corrected chi connectivity index (χ2v) is 5.54. The molecule has 0 radical (unpaired) electrons. The zero-order chi connectivity index (χ0) is 9.61. The van der Waals surface area contributed by atoms with Crippen LogP contribution in [0, 0.1) is 0 Å². The molecule has 0 aliphatic heterocycles. The van der Waals surface area contributed by atoms with Crippen LogP contribution in [0.25, 0.3) is 0 Å². The molecular formula is C7H17ClO3Si. The number of alkyl halides is 1. The molecule has 0 aromatic rings. The van der Waals surface area contributed by atoms with Crippen molar-refractivity contribution in [2.45, 2.75) is 32.9 Å². The molecule has 0 aromatic carbocycles. The van der Waals surface area contributed by atoms with Gasteiger partial charge in [-0.15, -0.1) is 0 Å². The van der Waals surface area contributed by atoms with E-state index in [0.717, 1.165) is 0 Å². The van der Waals surface area contributed by atoms with Gasteiger partial charge in [0.25, 0.3) is 0 Å². The summed E-state index contributed by atoms with van der Waals surface area (Å²) >= 11 is 5.69. The highest BCUT2D eigenvalue weighted by molar-refractivity contribution is 6.59. The zero-order valence-electron chi connectivity index (χ0n) is 8.09. The van der Waals surface area contributed by atoms with Crippen LogP contribution in [0.2, 0.25) is 6.55 Å². The third-order valence-corrected chi connectivity index (χ3v) is 3.84. The Kier molecular flexibility index (Phi) is 6.13. The summed E-state index contributed by atoms with van der Waals surface area (Å²) in [5.74, 6) is 0. The van der Waals surface area contributed by atoms with E-state index in [1.807, 2.05) is 20.4 Å². The van der Waals surface area contributed by atoms with Crippen molar-refractivity contribution in [1.82, 2.24) is 0 Å². The van der Waals surface area contributed by atoms with Crippen LogP contribution in [0.5, 0.6) is 0 Å². The predicted molar refractivity (Wildman–Crippen MR) is 51.3 cm³/mol. The number of hydrogen-bond acceptors (Lipinski definition) is 3. The highest BCUT2D eigenvalue weighted by Crippen LogP contribution is 2.13. The Labute approximate surface area is 80.3 Å². The van der Waals surface area contributed by atoms with Gasteiger partial charge in [0.1, 0.15) is 5.56 Å². The first-order chi connectivity index (χ1) is 5.54. The molecule has 0 aliphatic rings. The number of rotatable bonds is 6. The van der Waals surface area contributed by atoms with Crippen molar-refractivity contribution >= 4 is 20.4 Å². The van der Waals surface area contributed by atoms with E-state index in [9.17, 15) is 0 Å². The normalized spacial score (nSPS) is 14.8. The van der Waals surface area contributed by atoms with Gasteiger partial charge in [0.05, 0.1) is 0 Å². The van der Waals surface area contributed by atoms with E-state index in [-0.39, 0.29) is 5.56 Å². The monoisotopic (exact) mass is 212 g/mol. The molecule has 0 rings (SSSR count). The molecule has 0 N–H and O–H groups in total. The van der Waals surface area contributed by atoms with Gasteiger partial charge < -0.3 is 13.3 Å². The van der Waals surface area contributed by atoms with Crippen LogP contribution in [0.1, 0.15) is 20.8 Å². The van der Waals surface area contributed by atoms with E-state index in [1.165, 1.54) is 0 Å². The fraction of sp³-hybridized carbons (Fsp3) is 1.00. The van der Waals surface area contributed by atoms with E-state index in [2.05, 4.69) is 0 Å². The molecule has 5 heteroatoms. The van der Waals surface area contributed by atoms with Crippen molar-refractivity contribution in [3.63, 3.8) is 0 Å². The molecule has 0 amide bonds. The standard InChI is InChI=1S/C7H17ClO3Si/c1-5-9-12(4,10-6-2)11-7(3)8/h7H,5-6H2,1-4H3. The average Bonchev–Trinajstić information content (AvgIpc) is 1.85. The van der Waals surface area contributed by atoms with E-state index in [1.54, 1.807) is 6.92 Å². The minimum absolute atomic E-state index is 0.361. The van der Waals surface area contributed by atoms with Gasteiger partial charge in [-0.25, -0.2) is 0 Å². The summed E-state index contributed by atoms with van der Waals surface area (Å²) in [6.07, 6.45) is 0. The Morgan fingerprint density at radius 2 is 1.67 bits per heavy atom. The van der Waals surface area contributed by atoms with Gasteiger partial charge in [0.15, 0.2) is 0 Å². The largest absolute Gasteiger partial charge is 0.498 e. The van der Waals surface area contributed by atoms with Gasteiger partial charge >= 0.3 is 8.80 Å². The zero-order valence-corrected chi connectivity index (χ0v) is 9.85. The van der Waals surface area contributed by atoms with Crippen LogP contribution in [0.4, 0.5) is 0 Å². The molecule has 12 heavy (non-hydrogen) atoms. The van der Waals surface area contributed by atoms with Gasteiger partial charge in [-0.1, -0.05) is 11.6 Å². The fourth-order valence-electron chi connectivity index (χ4n) is 0.929. The van der Waals surface area contributed by atoms with E-state index in [4.69, 9.17) is 24.9 Å². The smallest absolute Gasteiger partial charge is 0.374 e. The second-order valence-electron chi connectivity index (χ2n) is 2.39. The summed E-state index contributed by atoms with van der Waals surface area (Å²) in [6, 6.07) is 0. The molecule has 0 aliphatic carbocycles. The highest BCUT2D eigenvalue weighted by Gasteiger charge is 2.35. The van der Waals surface area contributed by atoms with Crippen molar-refractivity contribution in [2.24, 2.45) is 0 Å². The topological polar surface area (TPSA) is 27.7 Å². The van der Waals surface area contributed by atoms with Crippen molar-refractivity contribution < 1.29 is 13.3 Å². The second kappa shape index (κ2) is 5.94. The SMILES string of the molecule is CCO[Si](C)(OCC)OC(C)Cl. The van der Waals surface area contributed by atoms with Crippen LogP contribution in [0.15, 0.2) is 0 Å². The Balaban J connectivity index is 3.98. The fourth-order valence-corrected chi connectivity index (χ4v) is 3.27. The van der Waals surface area contributed by atoms with E-state index in [0.29, 0.717) is 13.2 Å². The summed E-state index contributed by atoms with van der Waals surface area (Å²) in [4.78, 5) is 0. The van der Waals surface area contributed by atoms with E-state index < -0.39 is 8.80 Å². The Morgan fingerprint density at radius 1 is 1.25 bits per heavy atom. The molecule has 0 spiro atoms. The minimum atomic E-state index is -2.44. The summed E-state index contributed by atoms with van der Waals surface area (Å²) in [5, 5.41) is 0.